The second-order valence-electron chi connectivity index (χ2n) is 11.7. The first-order chi connectivity index (χ1) is 20.1. The molecule has 1 amide bonds. The van der Waals surface area contributed by atoms with Crippen molar-refractivity contribution < 1.29 is 28.2 Å². The van der Waals surface area contributed by atoms with E-state index in [0.717, 1.165) is 17.0 Å². The van der Waals surface area contributed by atoms with Crippen LogP contribution in [0.5, 0.6) is 0 Å². The Balaban J connectivity index is 0.00000217. The first kappa shape index (κ1) is 37.8. The fourth-order valence-electron chi connectivity index (χ4n) is 4.28. The number of carbonyl (C=O) groups excluding carboxylic acids is 1. The number of carbonyl (C=O) groups is 2. The molecule has 2 N–H and O–H groups in total. The number of aromatic carboxylic acids is 1. The van der Waals surface area contributed by atoms with Crippen LogP contribution in [0.1, 0.15) is 78.1 Å². The van der Waals surface area contributed by atoms with E-state index < -0.39 is 34.7 Å². The quantitative estimate of drug-likeness (QED) is 0.160. The van der Waals surface area contributed by atoms with Crippen LogP contribution in [0.25, 0.3) is 0 Å². The number of amides is 1. The van der Waals surface area contributed by atoms with Gasteiger partial charge in [0.1, 0.15) is 17.3 Å². The molecule has 1 aliphatic rings. The van der Waals surface area contributed by atoms with Crippen molar-refractivity contribution in [3.05, 3.63) is 64.9 Å². The van der Waals surface area contributed by atoms with Crippen molar-refractivity contribution in [2.75, 3.05) is 31.6 Å². The molecule has 8 nitrogen and oxygen atoms in total. The number of hydrogen-bond donors (Lipinski definition) is 2. The van der Waals surface area contributed by atoms with Gasteiger partial charge in [0.2, 0.25) is 0 Å². The van der Waals surface area contributed by atoms with Gasteiger partial charge in [-0.05, 0) is 70.0 Å². The summed E-state index contributed by atoms with van der Waals surface area (Å²) in [5, 5.41) is 13.2. The Hall–Kier alpha value is -3.24. The lowest BCUT2D eigenvalue weighted by Crippen LogP contribution is -2.38. The smallest absolute Gasteiger partial charge is 0.415 e. The summed E-state index contributed by atoms with van der Waals surface area (Å²) in [7, 11) is 1.95. The monoisotopic (exact) mass is 624 g/mol. The zero-order valence-corrected chi connectivity index (χ0v) is 27.3. The van der Waals surface area contributed by atoms with Crippen molar-refractivity contribution in [2.45, 2.75) is 73.3 Å². The fourth-order valence-corrected chi connectivity index (χ4v) is 4.36. The van der Waals surface area contributed by atoms with Crippen LogP contribution in [0, 0.1) is 11.3 Å². The van der Waals surface area contributed by atoms with E-state index in [2.05, 4.69) is 36.2 Å². The zero-order valence-electron chi connectivity index (χ0n) is 26.6. The predicted molar refractivity (Wildman–Crippen MR) is 171 cm³/mol. The molecular formula is C32H47ClF2N4O4. The molecule has 1 fully saturated rings. The SMILES string of the molecule is C/C=C(/F)C(C)(/C=N/N/C=C(\C)CN(C)CCC1(CC)CN(c2ccc(C(=O)O)cc2)C(=O)O1)C/C(F)=C/Cl.CC(C)C. The fraction of sp³-hybridized carbons (Fsp3) is 0.531. The van der Waals surface area contributed by atoms with Crippen molar-refractivity contribution in [3.63, 3.8) is 0 Å². The summed E-state index contributed by atoms with van der Waals surface area (Å²) in [5.41, 5.74) is 3.31. The van der Waals surface area contributed by atoms with Crippen LogP contribution in [0.2, 0.25) is 0 Å². The highest BCUT2D eigenvalue weighted by Crippen LogP contribution is 2.34. The molecule has 11 heteroatoms. The number of benzene rings is 1. The molecule has 240 valence electrons. The Labute approximate surface area is 260 Å². The van der Waals surface area contributed by atoms with Gasteiger partial charge in [-0.25, -0.2) is 18.4 Å². The summed E-state index contributed by atoms with van der Waals surface area (Å²) in [6, 6.07) is 6.13. The third kappa shape index (κ3) is 12.5. The van der Waals surface area contributed by atoms with Gasteiger partial charge in [0, 0.05) is 49.6 Å². The molecule has 1 saturated heterocycles. The lowest BCUT2D eigenvalue weighted by atomic mass is 9.86. The van der Waals surface area contributed by atoms with Crippen LogP contribution >= 0.6 is 11.6 Å². The van der Waals surface area contributed by atoms with Gasteiger partial charge in [0.25, 0.3) is 0 Å². The van der Waals surface area contributed by atoms with Gasteiger partial charge in [-0.15, -0.1) is 0 Å². The third-order valence-electron chi connectivity index (χ3n) is 6.70. The number of nitrogens with zero attached hydrogens (tertiary/aromatic N) is 3. The molecule has 43 heavy (non-hydrogen) atoms. The minimum Gasteiger partial charge on any atom is -0.478 e. The summed E-state index contributed by atoms with van der Waals surface area (Å²) in [6.07, 6.45) is 4.79. The predicted octanol–water partition coefficient (Wildman–Crippen LogP) is 8.27. The molecule has 1 aromatic rings. The van der Waals surface area contributed by atoms with Crippen LogP contribution < -0.4 is 10.3 Å². The van der Waals surface area contributed by atoms with Gasteiger partial charge in [-0.3, -0.25) is 10.3 Å². The Morgan fingerprint density at radius 2 is 1.91 bits per heavy atom. The first-order valence-electron chi connectivity index (χ1n) is 14.4. The maximum Gasteiger partial charge on any atom is 0.415 e. The molecule has 0 bridgehead atoms. The van der Waals surface area contributed by atoms with E-state index in [9.17, 15) is 18.4 Å². The van der Waals surface area contributed by atoms with Crippen LogP contribution in [-0.2, 0) is 4.74 Å². The third-order valence-corrected chi connectivity index (χ3v) is 6.93. The second-order valence-corrected chi connectivity index (χ2v) is 11.9. The number of hydrogen-bond acceptors (Lipinski definition) is 6. The van der Waals surface area contributed by atoms with E-state index in [0.29, 0.717) is 38.2 Å². The van der Waals surface area contributed by atoms with Crippen molar-refractivity contribution in [1.82, 2.24) is 10.3 Å². The molecule has 0 aromatic heterocycles. The van der Waals surface area contributed by atoms with Crippen molar-refractivity contribution in [3.8, 4) is 0 Å². The van der Waals surface area contributed by atoms with Crippen molar-refractivity contribution in [2.24, 2.45) is 16.4 Å². The topological polar surface area (TPSA) is 94.5 Å². The van der Waals surface area contributed by atoms with E-state index in [-0.39, 0.29) is 12.0 Å². The number of carboxylic acid groups (broad SMARTS) is 1. The maximum atomic E-state index is 14.3. The average molecular weight is 625 g/mol. The van der Waals surface area contributed by atoms with Gasteiger partial charge in [-0.2, -0.15) is 5.10 Å². The largest absolute Gasteiger partial charge is 0.478 e. The average Bonchev–Trinajstić information content (AvgIpc) is 3.30. The number of nitrogens with one attached hydrogen (secondary N) is 1. The molecular weight excluding hydrogens is 578 g/mol. The molecule has 0 spiro atoms. The van der Waals surface area contributed by atoms with E-state index in [1.807, 2.05) is 20.9 Å². The van der Waals surface area contributed by atoms with E-state index >= 15 is 0 Å². The van der Waals surface area contributed by atoms with Gasteiger partial charge >= 0.3 is 12.1 Å². The molecule has 1 heterocycles. The van der Waals surface area contributed by atoms with Crippen LogP contribution in [0.3, 0.4) is 0 Å². The minimum absolute atomic E-state index is 0.148. The zero-order chi connectivity index (χ0) is 32.8. The summed E-state index contributed by atoms with van der Waals surface area (Å²) in [4.78, 5) is 27.3. The number of allylic oxidation sites excluding steroid dienone is 3. The lowest BCUT2D eigenvalue weighted by molar-refractivity contribution is 0.0397. The summed E-state index contributed by atoms with van der Waals surface area (Å²) in [5.74, 6) is -1.36. The number of cyclic esters (lactones) is 1. The number of hydrazone groups is 1. The summed E-state index contributed by atoms with van der Waals surface area (Å²) >= 11 is 5.40. The molecule has 0 saturated carbocycles. The van der Waals surface area contributed by atoms with Crippen LogP contribution in [0.15, 0.2) is 64.4 Å². The number of rotatable bonds is 14. The Bertz CT molecular complexity index is 1180. The molecule has 2 unspecified atom stereocenters. The van der Waals surface area contributed by atoms with Gasteiger partial charge < -0.3 is 14.7 Å². The molecule has 0 radical (unpaired) electrons. The lowest BCUT2D eigenvalue weighted by Gasteiger charge is -2.28. The van der Waals surface area contributed by atoms with E-state index in [1.54, 1.807) is 18.3 Å². The Morgan fingerprint density at radius 3 is 2.42 bits per heavy atom. The molecule has 2 rings (SSSR count). The van der Waals surface area contributed by atoms with Crippen molar-refractivity contribution >= 4 is 35.6 Å². The normalized spacial score (nSPS) is 19.4. The number of likely N-dealkylation sites (N-methyl/N-ethyl adjacent to an activating group) is 1. The van der Waals surface area contributed by atoms with E-state index in [4.69, 9.17) is 21.4 Å². The molecule has 1 aliphatic heterocycles. The van der Waals surface area contributed by atoms with Crippen LogP contribution in [-0.4, -0.2) is 60.6 Å². The minimum atomic E-state index is -1.27. The summed E-state index contributed by atoms with van der Waals surface area (Å²) in [6.45, 7) is 15.1. The molecule has 2 atom stereocenters. The highest BCUT2D eigenvalue weighted by Gasteiger charge is 2.44. The van der Waals surface area contributed by atoms with Gasteiger partial charge in [0.05, 0.1) is 17.5 Å². The van der Waals surface area contributed by atoms with Gasteiger partial charge in [0.15, 0.2) is 0 Å². The highest BCUT2D eigenvalue weighted by atomic mass is 35.5. The van der Waals surface area contributed by atoms with Crippen LogP contribution in [0.4, 0.5) is 19.3 Å². The Morgan fingerprint density at radius 1 is 1.30 bits per heavy atom. The summed E-state index contributed by atoms with van der Waals surface area (Å²) < 4.78 is 33.8. The number of anilines is 1. The Kier molecular flexibility index (Phi) is 15.6. The number of carboxylic acids is 1. The maximum absolute atomic E-state index is 14.3. The van der Waals surface area contributed by atoms with Gasteiger partial charge in [-0.1, -0.05) is 45.4 Å². The first-order valence-corrected chi connectivity index (χ1v) is 14.8. The molecule has 0 aliphatic carbocycles. The number of ether oxygens (including phenoxy) is 1. The standard InChI is InChI=1S/C28H37ClF2N4O4.C4H10/c1-6-24(31)27(4,14-22(30)15-29)18-33-32-16-20(3)17-34(5)13-12-28(7-2)19-35(26(38)39-28)23-10-8-21(9-11-23)25(36)37;1-4(2)3/h6,8-11,15-16,18,32H,7,12-14,17,19H2,1-5H3,(H,36,37);4H,1-3H3/b20-16+,22-15-,24-6+,33-18+;. The molecule has 1 aromatic carbocycles. The number of halogens is 3. The highest BCUT2D eigenvalue weighted by molar-refractivity contribution is 6.25. The van der Waals surface area contributed by atoms with E-state index in [1.165, 1.54) is 43.2 Å². The second kappa shape index (κ2) is 17.8. The van der Waals surface area contributed by atoms with Crippen molar-refractivity contribution in [1.29, 1.82) is 0 Å².